The van der Waals surface area contributed by atoms with Crippen LogP contribution in [0.3, 0.4) is 0 Å². The van der Waals surface area contributed by atoms with Gasteiger partial charge in [-0.1, -0.05) is 16.8 Å². The van der Waals surface area contributed by atoms with Gasteiger partial charge in [0.15, 0.2) is 5.60 Å². The predicted molar refractivity (Wildman–Crippen MR) is 84.1 cm³/mol. The summed E-state index contributed by atoms with van der Waals surface area (Å²) >= 11 is 5.83. The van der Waals surface area contributed by atoms with Gasteiger partial charge >= 0.3 is 0 Å². The van der Waals surface area contributed by atoms with Crippen molar-refractivity contribution in [2.24, 2.45) is 0 Å². The summed E-state index contributed by atoms with van der Waals surface area (Å²) in [6.45, 7) is 5.75. The number of rotatable bonds is 6. The summed E-state index contributed by atoms with van der Waals surface area (Å²) in [4.78, 5) is 12.2. The number of ether oxygens (including phenoxy) is 1. The first-order valence-electron chi connectivity index (χ1n) is 7.02. The van der Waals surface area contributed by atoms with E-state index >= 15 is 0 Å². The quantitative estimate of drug-likeness (QED) is 0.887. The molecule has 22 heavy (non-hydrogen) atoms. The van der Waals surface area contributed by atoms with Crippen LogP contribution < -0.4 is 10.1 Å². The highest BCUT2D eigenvalue weighted by Crippen LogP contribution is 2.21. The van der Waals surface area contributed by atoms with Crippen LogP contribution in [-0.2, 0) is 11.2 Å². The van der Waals surface area contributed by atoms with Crippen LogP contribution >= 0.6 is 11.6 Å². The molecular formula is C16H19ClN2O3. The molecule has 0 unspecified atom stereocenters. The molecule has 0 aliphatic rings. The Morgan fingerprint density at radius 3 is 2.64 bits per heavy atom. The van der Waals surface area contributed by atoms with Crippen molar-refractivity contribution in [2.75, 3.05) is 6.54 Å². The largest absolute Gasteiger partial charge is 0.478 e. The van der Waals surface area contributed by atoms with Crippen LogP contribution in [0.1, 0.15) is 25.3 Å². The Morgan fingerprint density at radius 1 is 1.36 bits per heavy atom. The number of aromatic nitrogens is 1. The lowest BCUT2D eigenvalue weighted by atomic mass is 10.1. The SMILES string of the molecule is Cc1cc(CCNC(=O)C(C)(C)Oc2ccc(Cl)cc2)on1. The molecular weight excluding hydrogens is 304 g/mol. The summed E-state index contributed by atoms with van der Waals surface area (Å²) in [7, 11) is 0. The fourth-order valence-electron chi connectivity index (χ4n) is 1.89. The first-order chi connectivity index (χ1) is 10.4. The Bertz CT molecular complexity index is 635. The van der Waals surface area contributed by atoms with Crippen LogP contribution in [0.25, 0.3) is 0 Å². The molecule has 0 atom stereocenters. The predicted octanol–water partition coefficient (Wildman–Crippen LogP) is 3.15. The molecule has 1 aromatic heterocycles. The molecule has 1 heterocycles. The third kappa shape index (κ3) is 4.49. The molecule has 0 saturated heterocycles. The van der Waals surface area contributed by atoms with Crippen molar-refractivity contribution in [1.29, 1.82) is 0 Å². The van der Waals surface area contributed by atoms with Crippen molar-refractivity contribution >= 4 is 17.5 Å². The zero-order valence-corrected chi connectivity index (χ0v) is 13.6. The van der Waals surface area contributed by atoms with E-state index in [1.54, 1.807) is 38.1 Å². The Morgan fingerprint density at radius 2 is 2.05 bits per heavy atom. The molecule has 0 aliphatic heterocycles. The van der Waals surface area contributed by atoms with Crippen molar-refractivity contribution in [3.63, 3.8) is 0 Å². The number of nitrogens with one attached hydrogen (secondary N) is 1. The van der Waals surface area contributed by atoms with Crippen LogP contribution in [0.4, 0.5) is 0 Å². The third-order valence-electron chi connectivity index (χ3n) is 3.07. The van der Waals surface area contributed by atoms with Crippen molar-refractivity contribution in [3.8, 4) is 5.75 Å². The molecule has 2 aromatic rings. The monoisotopic (exact) mass is 322 g/mol. The van der Waals surface area contributed by atoms with E-state index in [0.717, 1.165) is 11.5 Å². The van der Waals surface area contributed by atoms with Crippen LogP contribution in [0.2, 0.25) is 5.02 Å². The average Bonchev–Trinajstić information content (AvgIpc) is 2.87. The molecule has 0 aliphatic carbocycles. The van der Waals surface area contributed by atoms with Crippen LogP contribution in [0.15, 0.2) is 34.9 Å². The second-order valence-electron chi connectivity index (χ2n) is 5.51. The topological polar surface area (TPSA) is 64.4 Å². The van der Waals surface area contributed by atoms with Crippen LogP contribution in [0, 0.1) is 6.92 Å². The van der Waals surface area contributed by atoms with E-state index < -0.39 is 5.60 Å². The highest BCUT2D eigenvalue weighted by Gasteiger charge is 2.29. The van der Waals surface area contributed by atoms with Gasteiger partial charge in [0, 0.05) is 24.1 Å². The molecule has 1 N–H and O–H groups in total. The molecule has 0 saturated carbocycles. The van der Waals surface area contributed by atoms with Gasteiger partial charge in [-0.3, -0.25) is 4.79 Å². The summed E-state index contributed by atoms with van der Waals surface area (Å²) in [5.74, 6) is 1.14. The second kappa shape index (κ2) is 6.83. The minimum Gasteiger partial charge on any atom is -0.478 e. The maximum Gasteiger partial charge on any atom is 0.263 e. The van der Waals surface area contributed by atoms with Gasteiger partial charge in [-0.2, -0.15) is 0 Å². The van der Waals surface area contributed by atoms with E-state index in [0.29, 0.717) is 23.7 Å². The molecule has 0 radical (unpaired) electrons. The van der Waals surface area contributed by atoms with Crippen molar-refractivity contribution in [2.45, 2.75) is 32.8 Å². The van der Waals surface area contributed by atoms with E-state index in [4.69, 9.17) is 20.9 Å². The number of aryl methyl sites for hydroxylation is 1. The smallest absolute Gasteiger partial charge is 0.263 e. The van der Waals surface area contributed by atoms with Crippen molar-refractivity contribution < 1.29 is 14.1 Å². The molecule has 0 spiro atoms. The van der Waals surface area contributed by atoms with Gasteiger partial charge < -0.3 is 14.6 Å². The molecule has 1 aromatic carbocycles. The standard InChI is InChI=1S/C16H19ClN2O3/c1-11-10-14(22-19-11)8-9-18-15(20)16(2,3)21-13-6-4-12(17)5-7-13/h4-7,10H,8-9H2,1-3H3,(H,18,20). The minimum absolute atomic E-state index is 0.196. The Balaban J connectivity index is 1.85. The van der Waals surface area contributed by atoms with Gasteiger partial charge in [0.1, 0.15) is 11.5 Å². The molecule has 1 amide bonds. The van der Waals surface area contributed by atoms with E-state index in [1.165, 1.54) is 0 Å². The van der Waals surface area contributed by atoms with Gasteiger partial charge in [-0.15, -0.1) is 0 Å². The van der Waals surface area contributed by atoms with Crippen molar-refractivity contribution in [3.05, 3.63) is 46.8 Å². The van der Waals surface area contributed by atoms with E-state index in [9.17, 15) is 4.79 Å². The molecule has 118 valence electrons. The highest BCUT2D eigenvalue weighted by molar-refractivity contribution is 6.30. The number of amides is 1. The van der Waals surface area contributed by atoms with E-state index in [-0.39, 0.29) is 5.91 Å². The fraction of sp³-hybridized carbons (Fsp3) is 0.375. The molecule has 6 heteroatoms. The number of benzene rings is 1. The number of halogens is 1. The number of hydrogen-bond acceptors (Lipinski definition) is 4. The average molecular weight is 323 g/mol. The summed E-state index contributed by atoms with van der Waals surface area (Å²) in [6, 6.07) is 8.75. The zero-order valence-electron chi connectivity index (χ0n) is 12.9. The van der Waals surface area contributed by atoms with Gasteiger partial charge in [-0.05, 0) is 45.0 Å². The lowest BCUT2D eigenvalue weighted by Crippen LogP contribution is -2.47. The van der Waals surface area contributed by atoms with Gasteiger partial charge in [-0.25, -0.2) is 0 Å². The van der Waals surface area contributed by atoms with Crippen LogP contribution in [-0.4, -0.2) is 23.2 Å². The minimum atomic E-state index is -0.981. The molecule has 2 rings (SSSR count). The van der Waals surface area contributed by atoms with Crippen LogP contribution in [0.5, 0.6) is 5.75 Å². The Hall–Kier alpha value is -2.01. The second-order valence-corrected chi connectivity index (χ2v) is 5.94. The van der Waals surface area contributed by atoms with Crippen molar-refractivity contribution in [1.82, 2.24) is 10.5 Å². The molecule has 0 bridgehead atoms. The molecule has 5 nitrogen and oxygen atoms in total. The summed E-state index contributed by atoms with van der Waals surface area (Å²) < 4.78 is 10.8. The normalized spacial score (nSPS) is 11.3. The highest BCUT2D eigenvalue weighted by atomic mass is 35.5. The maximum absolute atomic E-state index is 12.2. The number of nitrogens with zero attached hydrogens (tertiary/aromatic N) is 1. The zero-order chi connectivity index (χ0) is 16.2. The first-order valence-corrected chi connectivity index (χ1v) is 7.40. The lowest BCUT2D eigenvalue weighted by Gasteiger charge is -2.25. The Labute approximate surface area is 134 Å². The van der Waals surface area contributed by atoms with E-state index in [2.05, 4.69) is 10.5 Å². The third-order valence-corrected chi connectivity index (χ3v) is 3.32. The summed E-state index contributed by atoms with van der Waals surface area (Å²) in [5, 5.41) is 7.26. The first kappa shape index (κ1) is 16.4. The summed E-state index contributed by atoms with van der Waals surface area (Å²) in [5.41, 5.74) is -0.154. The Kier molecular flexibility index (Phi) is 5.08. The summed E-state index contributed by atoms with van der Waals surface area (Å²) in [6.07, 6.45) is 0.587. The number of carbonyl (C=O) groups is 1. The van der Waals surface area contributed by atoms with Gasteiger partial charge in [0.25, 0.3) is 5.91 Å². The lowest BCUT2D eigenvalue weighted by molar-refractivity contribution is -0.134. The van der Waals surface area contributed by atoms with E-state index in [1.807, 2.05) is 13.0 Å². The fourth-order valence-corrected chi connectivity index (χ4v) is 2.02. The number of carbonyl (C=O) groups excluding carboxylic acids is 1. The maximum atomic E-state index is 12.2. The van der Waals surface area contributed by atoms with Gasteiger partial charge in [0.05, 0.1) is 5.69 Å². The number of hydrogen-bond donors (Lipinski definition) is 1. The van der Waals surface area contributed by atoms with Gasteiger partial charge in [0.2, 0.25) is 0 Å². The molecule has 0 fully saturated rings.